The highest BCUT2D eigenvalue weighted by molar-refractivity contribution is 6.16. The second kappa shape index (κ2) is 3.11. The zero-order valence-electron chi connectivity index (χ0n) is 9.27. The molecule has 3 aromatic carbocycles. The minimum absolute atomic E-state index is 1.21. The molecule has 0 bridgehead atoms. The van der Waals surface area contributed by atoms with E-state index in [9.17, 15) is 0 Å². The fraction of sp³-hybridized carbons (Fsp3) is 0. The Morgan fingerprint density at radius 2 is 1.71 bits per heavy atom. The molecule has 1 nitrogen and oxygen atoms in total. The summed E-state index contributed by atoms with van der Waals surface area (Å²) in [6, 6.07) is 17.3. The van der Waals surface area contributed by atoms with Gasteiger partial charge in [-0.1, -0.05) is 42.5 Å². The number of nitrogens with one attached hydrogen (secondary N) is 1. The molecule has 0 unspecified atom stereocenters. The average Bonchev–Trinajstić information content (AvgIpc) is 2.39. The summed E-state index contributed by atoms with van der Waals surface area (Å²) >= 11 is 0. The zero-order chi connectivity index (χ0) is 11.2. The van der Waals surface area contributed by atoms with Crippen LogP contribution in [0, 0.1) is 0 Å². The molecule has 0 fully saturated rings. The fourth-order valence-electron chi connectivity index (χ4n) is 2.66. The van der Waals surface area contributed by atoms with Gasteiger partial charge in [0, 0.05) is 17.3 Å². The van der Waals surface area contributed by atoms with Crippen molar-refractivity contribution in [2.75, 3.05) is 5.32 Å². The normalized spacial score (nSPS) is 12.9. The molecule has 17 heavy (non-hydrogen) atoms. The summed E-state index contributed by atoms with van der Waals surface area (Å²) in [5.41, 5.74) is 2.50. The van der Waals surface area contributed by atoms with Gasteiger partial charge in [0.15, 0.2) is 0 Å². The highest BCUT2D eigenvalue weighted by Gasteiger charge is 2.10. The summed E-state index contributed by atoms with van der Waals surface area (Å²) in [7, 11) is 0. The van der Waals surface area contributed by atoms with Gasteiger partial charge in [-0.15, -0.1) is 0 Å². The lowest BCUT2D eigenvalue weighted by Gasteiger charge is -2.16. The van der Waals surface area contributed by atoms with Crippen LogP contribution in [0.5, 0.6) is 0 Å². The molecule has 1 heterocycles. The van der Waals surface area contributed by atoms with Gasteiger partial charge in [0.25, 0.3) is 0 Å². The topological polar surface area (TPSA) is 12.0 Å². The summed E-state index contributed by atoms with van der Waals surface area (Å²) in [6.45, 7) is 0. The van der Waals surface area contributed by atoms with Crippen LogP contribution in [-0.4, -0.2) is 0 Å². The highest BCUT2D eigenvalue weighted by atomic mass is 14.8. The number of fused-ring (bicyclic) bond motifs is 2. The third kappa shape index (κ3) is 1.14. The van der Waals surface area contributed by atoms with Crippen molar-refractivity contribution in [3.63, 3.8) is 0 Å². The van der Waals surface area contributed by atoms with Crippen LogP contribution >= 0.6 is 0 Å². The van der Waals surface area contributed by atoms with Gasteiger partial charge in [-0.2, -0.15) is 0 Å². The third-order valence-electron chi connectivity index (χ3n) is 3.42. The van der Waals surface area contributed by atoms with E-state index in [4.69, 9.17) is 0 Å². The maximum atomic E-state index is 3.34. The van der Waals surface area contributed by atoms with E-state index in [-0.39, 0.29) is 0 Å². The Labute approximate surface area is 99.4 Å². The van der Waals surface area contributed by atoms with E-state index >= 15 is 0 Å². The Kier molecular flexibility index (Phi) is 1.61. The lowest BCUT2D eigenvalue weighted by molar-refractivity contribution is 1.61. The number of anilines is 1. The standard InChI is InChI=1S/C16H11N/c1-2-6-13-12(4-1)10-15-16-11(8-9-17-15)5-3-7-14(13)16/h1-10,17H. The Morgan fingerprint density at radius 3 is 2.71 bits per heavy atom. The molecule has 3 aromatic rings. The molecule has 1 N–H and O–H groups in total. The van der Waals surface area contributed by atoms with Crippen LogP contribution in [0.25, 0.3) is 27.6 Å². The molecule has 80 valence electrons. The van der Waals surface area contributed by atoms with Crippen molar-refractivity contribution in [1.29, 1.82) is 0 Å². The third-order valence-corrected chi connectivity index (χ3v) is 3.42. The second-order valence-electron chi connectivity index (χ2n) is 4.39. The lowest BCUT2D eigenvalue weighted by Crippen LogP contribution is -1.96. The van der Waals surface area contributed by atoms with E-state index in [0.29, 0.717) is 0 Å². The van der Waals surface area contributed by atoms with E-state index in [1.807, 2.05) is 6.20 Å². The number of benzene rings is 3. The van der Waals surface area contributed by atoms with E-state index in [1.165, 1.54) is 32.8 Å². The van der Waals surface area contributed by atoms with E-state index in [0.717, 1.165) is 0 Å². The molecule has 0 atom stereocenters. The maximum absolute atomic E-state index is 3.34. The molecular weight excluding hydrogens is 206 g/mol. The van der Waals surface area contributed by atoms with Crippen LogP contribution in [0.3, 0.4) is 0 Å². The first-order chi connectivity index (χ1) is 8.43. The predicted molar refractivity (Wildman–Crippen MR) is 74.1 cm³/mol. The Bertz CT molecular complexity index is 769. The van der Waals surface area contributed by atoms with Crippen molar-refractivity contribution in [1.82, 2.24) is 0 Å². The van der Waals surface area contributed by atoms with Gasteiger partial charge in [0.05, 0.1) is 0 Å². The van der Waals surface area contributed by atoms with Gasteiger partial charge < -0.3 is 5.32 Å². The van der Waals surface area contributed by atoms with Crippen LogP contribution in [0.1, 0.15) is 5.56 Å². The van der Waals surface area contributed by atoms with Gasteiger partial charge in [0.1, 0.15) is 0 Å². The van der Waals surface area contributed by atoms with E-state index in [1.54, 1.807) is 0 Å². The monoisotopic (exact) mass is 217 g/mol. The number of hydrogen-bond acceptors (Lipinski definition) is 1. The minimum Gasteiger partial charge on any atom is -0.361 e. The molecule has 0 saturated heterocycles. The SMILES string of the molecule is C1=Cc2cccc3c2c(cc2ccccc23)N1. The fourth-order valence-corrected chi connectivity index (χ4v) is 2.66. The summed E-state index contributed by atoms with van der Waals surface area (Å²) in [4.78, 5) is 0. The molecule has 0 spiro atoms. The lowest BCUT2D eigenvalue weighted by atomic mass is 9.95. The first-order valence-electron chi connectivity index (χ1n) is 5.81. The van der Waals surface area contributed by atoms with Crippen LogP contribution < -0.4 is 5.32 Å². The van der Waals surface area contributed by atoms with Crippen LogP contribution in [0.4, 0.5) is 5.69 Å². The van der Waals surface area contributed by atoms with Crippen molar-refractivity contribution in [2.24, 2.45) is 0 Å². The number of hydrogen-bond donors (Lipinski definition) is 1. The summed E-state index contributed by atoms with van der Waals surface area (Å²) in [6.07, 6.45) is 4.13. The highest BCUT2D eigenvalue weighted by Crippen LogP contribution is 2.36. The van der Waals surface area contributed by atoms with Crippen molar-refractivity contribution < 1.29 is 0 Å². The molecule has 1 heteroatoms. The van der Waals surface area contributed by atoms with Crippen LogP contribution in [0.15, 0.2) is 54.7 Å². The first kappa shape index (κ1) is 8.82. The smallest absolute Gasteiger partial charge is 0.0471 e. The Hall–Kier alpha value is -2.28. The van der Waals surface area contributed by atoms with Gasteiger partial charge in [-0.05, 0) is 33.9 Å². The van der Waals surface area contributed by atoms with Crippen molar-refractivity contribution >= 4 is 33.3 Å². The van der Waals surface area contributed by atoms with Gasteiger partial charge in [0.2, 0.25) is 0 Å². The van der Waals surface area contributed by atoms with Crippen LogP contribution in [0.2, 0.25) is 0 Å². The average molecular weight is 217 g/mol. The van der Waals surface area contributed by atoms with Crippen molar-refractivity contribution in [3.05, 3.63) is 60.3 Å². The first-order valence-corrected chi connectivity index (χ1v) is 5.81. The Morgan fingerprint density at radius 1 is 0.824 bits per heavy atom. The summed E-state index contributed by atoms with van der Waals surface area (Å²) in [5.74, 6) is 0. The molecule has 1 aliphatic rings. The molecule has 1 aliphatic heterocycles. The molecule has 0 radical (unpaired) electrons. The summed E-state index contributed by atoms with van der Waals surface area (Å²) < 4.78 is 0. The van der Waals surface area contributed by atoms with E-state index < -0.39 is 0 Å². The van der Waals surface area contributed by atoms with Crippen molar-refractivity contribution in [2.45, 2.75) is 0 Å². The van der Waals surface area contributed by atoms with E-state index in [2.05, 4.69) is 59.9 Å². The molecule has 0 amide bonds. The number of rotatable bonds is 0. The Balaban J connectivity index is 2.34. The van der Waals surface area contributed by atoms with Gasteiger partial charge in [-0.25, -0.2) is 0 Å². The minimum atomic E-state index is 1.21. The quantitative estimate of drug-likeness (QED) is 0.551. The molecular formula is C16H11N. The maximum Gasteiger partial charge on any atom is 0.0471 e. The molecule has 0 aromatic heterocycles. The van der Waals surface area contributed by atoms with Gasteiger partial charge >= 0.3 is 0 Å². The molecule has 0 aliphatic carbocycles. The summed E-state index contributed by atoms with van der Waals surface area (Å²) in [5, 5.41) is 8.60. The molecule has 0 saturated carbocycles. The van der Waals surface area contributed by atoms with Crippen molar-refractivity contribution in [3.8, 4) is 0 Å². The predicted octanol–water partition coefficient (Wildman–Crippen LogP) is 4.39. The zero-order valence-corrected chi connectivity index (χ0v) is 9.27. The largest absolute Gasteiger partial charge is 0.361 e. The molecule has 4 rings (SSSR count). The van der Waals surface area contributed by atoms with Crippen LogP contribution in [-0.2, 0) is 0 Å². The second-order valence-corrected chi connectivity index (χ2v) is 4.39. The van der Waals surface area contributed by atoms with Gasteiger partial charge in [-0.3, -0.25) is 0 Å².